The minimum absolute atomic E-state index is 0.364. The Bertz CT molecular complexity index is 1020. The molecular weight excluding hydrogens is 358 g/mol. The van der Waals surface area contributed by atoms with Crippen molar-refractivity contribution >= 4 is 17.4 Å². The van der Waals surface area contributed by atoms with Crippen molar-refractivity contribution in [3.63, 3.8) is 0 Å². The van der Waals surface area contributed by atoms with Gasteiger partial charge in [-0.15, -0.1) is 0 Å². The number of hydrogen-bond donors (Lipinski definition) is 1. The van der Waals surface area contributed by atoms with Crippen molar-refractivity contribution in [2.24, 2.45) is 0 Å². The van der Waals surface area contributed by atoms with Gasteiger partial charge in [0.15, 0.2) is 0 Å². The van der Waals surface area contributed by atoms with Gasteiger partial charge in [0, 0.05) is 23.9 Å². The Morgan fingerprint density at radius 3 is 2.41 bits per heavy atom. The normalized spacial score (nSPS) is 10.7. The quantitative estimate of drug-likeness (QED) is 0.532. The lowest BCUT2D eigenvalue weighted by molar-refractivity contribution is 0.688. The molecule has 27 heavy (non-hydrogen) atoms. The van der Waals surface area contributed by atoms with Gasteiger partial charge in [-0.2, -0.15) is 5.10 Å². The molecule has 1 N–H and O–H groups in total. The molecule has 6 heteroatoms. The molecule has 0 spiro atoms. The fourth-order valence-corrected chi connectivity index (χ4v) is 3.04. The van der Waals surface area contributed by atoms with Gasteiger partial charge in [-0.1, -0.05) is 72.3 Å². The van der Waals surface area contributed by atoms with E-state index in [1.54, 1.807) is 6.20 Å². The Labute approximate surface area is 162 Å². The lowest BCUT2D eigenvalue weighted by atomic mass is 10.1. The van der Waals surface area contributed by atoms with Crippen LogP contribution in [0.25, 0.3) is 11.3 Å². The highest BCUT2D eigenvalue weighted by Gasteiger charge is 2.12. The summed E-state index contributed by atoms with van der Waals surface area (Å²) >= 11 is 5.92. The van der Waals surface area contributed by atoms with E-state index in [-0.39, 0.29) is 0 Å². The van der Waals surface area contributed by atoms with E-state index in [1.807, 2.05) is 41.1 Å². The zero-order chi connectivity index (χ0) is 18.5. The molecule has 0 fully saturated rings. The average molecular weight is 376 g/mol. The summed E-state index contributed by atoms with van der Waals surface area (Å²) in [4.78, 5) is 8.29. The Morgan fingerprint density at radius 2 is 1.67 bits per heavy atom. The first-order valence-electron chi connectivity index (χ1n) is 8.65. The van der Waals surface area contributed by atoms with Crippen molar-refractivity contribution in [1.29, 1.82) is 0 Å². The van der Waals surface area contributed by atoms with Gasteiger partial charge in [0.1, 0.15) is 11.0 Å². The zero-order valence-corrected chi connectivity index (χ0v) is 15.3. The second-order valence-corrected chi connectivity index (χ2v) is 6.52. The SMILES string of the molecule is Clc1cncc(NCc2cn(Cc3ccccc3)nc2-c2ccccc2)n1. The Morgan fingerprint density at radius 1 is 0.926 bits per heavy atom. The number of nitrogens with one attached hydrogen (secondary N) is 1. The van der Waals surface area contributed by atoms with Gasteiger partial charge in [-0.05, 0) is 5.56 Å². The fourth-order valence-electron chi connectivity index (χ4n) is 2.90. The Hall–Kier alpha value is -3.18. The summed E-state index contributed by atoms with van der Waals surface area (Å²) in [7, 11) is 0. The molecule has 0 saturated heterocycles. The average Bonchev–Trinajstić information content (AvgIpc) is 3.10. The highest BCUT2D eigenvalue weighted by atomic mass is 35.5. The predicted octanol–water partition coefficient (Wildman–Crippen LogP) is 4.65. The minimum Gasteiger partial charge on any atom is -0.365 e. The van der Waals surface area contributed by atoms with Crippen molar-refractivity contribution in [3.05, 3.63) is 95.5 Å². The predicted molar refractivity (Wildman–Crippen MR) is 108 cm³/mol. The molecule has 0 saturated carbocycles. The van der Waals surface area contributed by atoms with Gasteiger partial charge in [0.2, 0.25) is 0 Å². The van der Waals surface area contributed by atoms with Crippen LogP contribution in [0.4, 0.5) is 5.82 Å². The number of hydrogen-bond acceptors (Lipinski definition) is 4. The molecule has 0 aliphatic rings. The first-order valence-corrected chi connectivity index (χ1v) is 9.03. The van der Waals surface area contributed by atoms with Crippen LogP contribution in [0.5, 0.6) is 0 Å². The number of rotatable bonds is 6. The molecule has 4 aromatic rings. The molecule has 2 aromatic carbocycles. The molecule has 4 rings (SSSR count). The van der Waals surface area contributed by atoms with Crippen molar-refractivity contribution < 1.29 is 0 Å². The van der Waals surface area contributed by atoms with E-state index in [0.29, 0.717) is 17.5 Å². The van der Waals surface area contributed by atoms with Gasteiger partial charge < -0.3 is 5.32 Å². The van der Waals surface area contributed by atoms with Crippen LogP contribution < -0.4 is 5.32 Å². The van der Waals surface area contributed by atoms with Crippen LogP contribution in [0, 0.1) is 0 Å². The van der Waals surface area contributed by atoms with E-state index in [2.05, 4.69) is 45.7 Å². The molecule has 0 amide bonds. The van der Waals surface area contributed by atoms with Gasteiger partial charge in [-0.3, -0.25) is 9.67 Å². The standard InChI is InChI=1S/C21H18ClN5/c22-19-12-23-13-20(25-19)24-11-18-15-27(14-16-7-3-1-4-8-16)26-21(18)17-9-5-2-6-10-17/h1-10,12-13,15H,11,14H2,(H,24,25). The molecule has 0 radical (unpaired) electrons. The minimum atomic E-state index is 0.364. The van der Waals surface area contributed by atoms with E-state index in [0.717, 1.165) is 23.4 Å². The van der Waals surface area contributed by atoms with E-state index in [9.17, 15) is 0 Å². The monoisotopic (exact) mass is 375 g/mol. The maximum Gasteiger partial charge on any atom is 0.149 e. The van der Waals surface area contributed by atoms with Gasteiger partial charge in [-0.25, -0.2) is 4.98 Å². The van der Waals surface area contributed by atoms with Crippen molar-refractivity contribution in [1.82, 2.24) is 19.7 Å². The van der Waals surface area contributed by atoms with Crippen LogP contribution in [0.1, 0.15) is 11.1 Å². The van der Waals surface area contributed by atoms with Crippen LogP contribution in [0.15, 0.2) is 79.3 Å². The highest BCUT2D eigenvalue weighted by molar-refractivity contribution is 6.29. The Kier molecular flexibility index (Phi) is 5.12. The van der Waals surface area contributed by atoms with Crippen molar-refractivity contribution in [3.8, 4) is 11.3 Å². The number of nitrogens with zero attached hydrogens (tertiary/aromatic N) is 4. The van der Waals surface area contributed by atoms with Crippen molar-refractivity contribution in [2.75, 3.05) is 5.32 Å². The summed E-state index contributed by atoms with van der Waals surface area (Å²) in [6.45, 7) is 1.30. The van der Waals surface area contributed by atoms with Crippen molar-refractivity contribution in [2.45, 2.75) is 13.1 Å². The van der Waals surface area contributed by atoms with Crippen LogP contribution in [-0.4, -0.2) is 19.7 Å². The fraction of sp³-hybridized carbons (Fsp3) is 0.0952. The number of anilines is 1. The van der Waals surface area contributed by atoms with E-state index in [4.69, 9.17) is 16.7 Å². The van der Waals surface area contributed by atoms with Gasteiger partial charge in [0.05, 0.1) is 24.6 Å². The lowest BCUT2D eigenvalue weighted by Crippen LogP contribution is -2.02. The zero-order valence-electron chi connectivity index (χ0n) is 14.6. The van der Waals surface area contributed by atoms with Gasteiger partial charge in [0.25, 0.3) is 0 Å². The molecule has 2 heterocycles. The molecular formula is C21H18ClN5. The Balaban J connectivity index is 1.61. The van der Waals surface area contributed by atoms with E-state index < -0.39 is 0 Å². The number of benzene rings is 2. The topological polar surface area (TPSA) is 55.6 Å². The van der Waals surface area contributed by atoms with E-state index >= 15 is 0 Å². The first-order chi connectivity index (χ1) is 13.3. The van der Waals surface area contributed by atoms with Crippen LogP contribution in [0.3, 0.4) is 0 Å². The molecule has 0 aliphatic heterocycles. The molecule has 5 nitrogen and oxygen atoms in total. The maximum absolute atomic E-state index is 5.92. The second kappa shape index (κ2) is 8.01. The van der Waals surface area contributed by atoms with E-state index in [1.165, 1.54) is 11.8 Å². The number of halogens is 1. The lowest BCUT2D eigenvalue weighted by Gasteiger charge is -2.05. The summed E-state index contributed by atoms with van der Waals surface area (Å²) in [5.41, 5.74) is 4.33. The maximum atomic E-state index is 5.92. The summed E-state index contributed by atoms with van der Waals surface area (Å²) in [5.74, 6) is 0.636. The third-order valence-electron chi connectivity index (χ3n) is 4.14. The molecule has 2 aromatic heterocycles. The second-order valence-electron chi connectivity index (χ2n) is 6.13. The summed E-state index contributed by atoms with van der Waals surface area (Å²) in [5, 5.41) is 8.46. The van der Waals surface area contributed by atoms with Crippen LogP contribution in [-0.2, 0) is 13.1 Å². The summed E-state index contributed by atoms with van der Waals surface area (Å²) in [6.07, 6.45) is 5.24. The highest BCUT2D eigenvalue weighted by Crippen LogP contribution is 2.23. The molecule has 0 unspecified atom stereocenters. The third-order valence-corrected chi connectivity index (χ3v) is 4.32. The first kappa shape index (κ1) is 17.2. The largest absolute Gasteiger partial charge is 0.365 e. The summed E-state index contributed by atoms with van der Waals surface area (Å²) < 4.78 is 1.97. The smallest absolute Gasteiger partial charge is 0.149 e. The third kappa shape index (κ3) is 4.33. The molecule has 0 bridgehead atoms. The molecule has 0 atom stereocenters. The summed E-state index contributed by atoms with van der Waals surface area (Å²) in [6, 6.07) is 20.5. The molecule has 134 valence electrons. The van der Waals surface area contributed by atoms with Crippen LogP contribution >= 0.6 is 11.6 Å². The number of aromatic nitrogens is 4. The van der Waals surface area contributed by atoms with Gasteiger partial charge >= 0.3 is 0 Å². The molecule has 0 aliphatic carbocycles. The van der Waals surface area contributed by atoms with Crippen LogP contribution in [0.2, 0.25) is 5.15 Å².